The lowest BCUT2D eigenvalue weighted by atomic mass is 10.2. The van der Waals surface area contributed by atoms with Gasteiger partial charge in [0, 0.05) is 23.6 Å². The highest BCUT2D eigenvalue weighted by Gasteiger charge is 2.28. The molecule has 0 spiro atoms. The molecule has 22 heavy (non-hydrogen) atoms. The van der Waals surface area contributed by atoms with Gasteiger partial charge in [-0.05, 0) is 44.9 Å². The largest absolute Gasteiger partial charge is 0.343 e. The molecule has 0 aliphatic carbocycles. The second-order valence-corrected chi connectivity index (χ2v) is 5.71. The number of amides is 1. The van der Waals surface area contributed by atoms with E-state index in [1.165, 1.54) is 5.56 Å². The topological polar surface area (TPSA) is 58.1 Å². The van der Waals surface area contributed by atoms with Gasteiger partial charge in [-0.3, -0.25) is 4.79 Å². The van der Waals surface area contributed by atoms with Crippen molar-refractivity contribution >= 4 is 17.5 Å². The highest BCUT2D eigenvalue weighted by Crippen LogP contribution is 2.28. The fourth-order valence-corrected chi connectivity index (χ4v) is 2.85. The van der Waals surface area contributed by atoms with Gasteiger partial charge in [0.2, 0.25) is 11.9 Å². The maximum Gasteiger partial charge on any atom is 0.249 e. The Morgan fingerprint density at radius 3 is 2.64 bits per heavy atom. The molecule has 0 radical (unpaired) electrons. The predicted octanol–water partition coefficient (Wildman–Crippen LogP) is 2.48. The summed E-state index contributed by atoms with van der Waals surface area (Å²) in [7, 11) is 0. The number of carbonyl (C=O) groups excluding carboxylic acids is 1. The molecule has 2 heterocycles. The number of rotatable bonds is 3. The van der Waals surface area contributed by atoms with E-state index in [9.17, 15) is 4.79 Å². The van der Waals surface area contributed by atoms with Crippen LogP contribution in [0.15, 0.2) is 30.3 Å². The number of carbonyl (C=O) groups is 1. The van der Waals surface area contributed by atoms with Gasteiger partial charge >= 0.3 is 0 Å². The van der Waals surface area contributed by atoms with Gasteiger partial charge in [-0.2, -0.15) is 0 Å². The second-order valence-electron chi connectivity index (χ2n) is 5.71. The molecule has 1 unspecified atom stereocenters. The molecular weight excluding hydrogens is 276 g/mol. The van der Waals surface area contributed by atoms with Crippen LogP contribution in [0.25, 0.3) is 0 Å². The van der Waals surface area contributed by atoms with Crippen LogP contribution in [-0.4, -0.2) is 28.5 Å². The standard InChI is InChI=1S/C17H20N4O/c1-11-10-12(2)19-17(18-11)20-13(3)16(22)21-9-8-14-6-4-5-7-15(14)21/h4-7,10,13H,8-9H2,1-3H3,(H,18,19,20). The zero-order chi connectivity index (χ0) is 15.7. The molecule has 1 aliphatic heterocycles. The molecule has 1 amide bonds. The molecule has 1 atom stereocenters. The average Bonchev–Trinajstić information content (AvgIpc) is 2.89. The van der Waals surface area contributed by atoms with Crippen molar-refractivity contribution in [3.8, 4) is 0 Å². The zero-order valence-corrected chi connectivity index (χ0v) is 13.1. The third-order valence-electron chi connectivity index (χ3n) is 3.85. The maximum absolute atomic E-state index is 12.7. The first kappa shape index (κ1) is 14.5. The number of nitrogens with one attached hydrogen (secondary N) is 1. The quantitative estimate of drug-likeness (QED) is 0.945. The lowest BCUT2D eigenvalue weighted by molar-refractivity contribution is -0.118. The maximum atomic E-state index is 12.7. The first-order valence-corrected chi connectivity index (χ1v) is 7.52. The fraction of sp³-hybridized carbons (Fsp3) is 0.353. The van der Waals surface area contributed by atoms with Gasteiger partial charge in [0.05, 0.1) is 0 Å². The number of hydrogen-bond donors (Lipinski definition) is 1. The minimum Gasteiger partial charge on any atom is -0.343 e. The van der Waals surface area contributed by atoms with Crippen molar-refractivity contribution in [2.75, 3.05) is 16.8 Å². The summed E-state index contributed by atoms with van der Waals surface area (Å²) >= 11 is 0. The van der Waals surface area contributed by atoms with E-state index >= 15 is 0 Å². The highest BCUT2D eigenvalue weighted by molar-refractivity contribution is 5.99. The lowest BCUT2D eigenvalue weighted by Crippen LogP contribution is -2.41. The van der Waals surface area contributed by atoms with E-state index in [-0.39, 0.29) is 11.9 Å². The van der Waals surface area contributed by atoms with Gasteiger partial charge in [0.1, 0.15) is 6.04 Å². The number of hydrogen-bond acceptors (Lipinski definition) is 4. The summed E-state index contributed by atoms with van der Waals surface area (Å²) in [5, 5.41) is 3.12. The van der Waals surface area contributed by atoms with Crippen molar-refractivity contribution in [3.63, 3.8) is 0 Å². The Morgan fingerprint density at radius 2 is 1.91 bits per heavy atom. The minimum absolute atomic E-state index is 0.0488. The van der Waals surface area contributed by atoms with Crippen molar-refractivity contribution in [1.82, 2.24) is 9.97 Å². The van der Waals surface area contributed by atoms with Crippen LogP contribution in [0.2, 0.25) is 0 Å². The Morgan fingerprint density at radius 1 is 1.23 bits per heavy atom. The first-order valence-electron chi connectivity index (χ1n) is 7.52. The Kier molecular flexibility index (Phi) is 3.79. The summed E-state index contributed by atoms with van der Waals surface area (Å²) < 4.78 is 0. The van der Waals surface area contributed by atoms with Gasteiger partial charge in [0.15, 0.2) is 0 Å². The van der Waals surface area contributed by atoms with Gasteiger partial charge in [-0.25, -0.2) is 9.97 Å². The SMILES string of the molecule is Cc1cc(C)nc(NC(C)C(=O)N2CCc3ccccc32)n1. The number of aromatic nitrogens is 2. The van der Waals surface area contributed by atoms with Crippen LogP contribution in [0.1, 0.15) is 23.9 Å². The minimum atomic E-state index is -0.368. The van der Waals surface area contributed by atoms with E-state index in [1.54, 1.807) is 0 Å². The molecule has 2 aromatic rings. The average molecular weight is 296 g/mol. The van der Waals surface area contributed by atoms with Gasteiger partial charge < -0.3 is 10.2 Å². The van der Waals surface area contributed by atoms with Crippen LogP contribution >= 0.6 is 0 Å². The summed E-state index contributed by atoms with van der Waals surface area (Å²) in [6, 6.07) is 9.60. The van der Waals surface area contributed by atoms with E-state index in [4.69, 9.17) is 0 Å². The monoisotopic (exact) mass is 296 g/mol. The highest BCUT2D eigenvalue weighted by atomic mass is 16.2. The van der Waals surface area contributed by atoms with Crippen LogP contribution in [0, 0.1) is 13.8 Å². The van der Waals surface area contributed by atoms with Crippen molar-refractivity contribution in [2.24, 2.45) is 0 Å². The van der Waals surface area contributed by atoms with E-state index in [0.717, 1.165) is 30.0 Å². The zero-order valence-electron chi connectivity index (χ0n) is 13.1. The molecule has 0 saturated carbocycles. The Labute approximate surface area is 130 Å². The number of nitrogens with zero attached hydrogens (tertiary/aromatic N) is 3. The molecule has 1 aliphatic rings. The molecule has 1 aromatic heterocycles. The van der Waals surface area contributed by atoms with Crippen LogP contribution in [0.5, 0.6) is 0 Å². The molecule has 0 fully saturated rings. The lowest BCUT2D eigenvalue weighted by Gasteiger charge is -2.22. The van der Waals surface area contributed by atoms with Crippen LogP contribution in [0.4, 0.5) is 11.6 Å². The molecule has 0 bridgehead atoms. The summed E-state index contributed by atoms with van der Waals surface area (Å²) in [6.45, 7) is 6.42. The molecule has 3 rings (SSSR count). The summed E-state index contributed by atoms with van der Waals surface area (Å²) in [5.74, 6) is 0.554. The van der Waals surface area contributed by atoms with Crippen LogP contribution < -0.4 is 10.2 Å². The molecular formula is C17H20N4O. The third kappa shape index (κ3) is 2.79. The number of aryl methyl sites for hydroxylation is 2. The van der Waals surface area contributed by atoms with E-state index in [1.807, 2.05) is 49.9 Å². The van der Waals surface area contributed by atoms with Gasteiger partial charge in [-0.15, -0.1) is 0 Å². The van der Waals surface area contributed by atoms with Crippen molar-refractivity contribution in [1.29, 1.82) is 0 Å². The van der Waals surface area contributed by atoms with Crippen LogP contribution in [0.3, 0.4) is 0 Å². The first-order chi connectivity index (χ1) is 10.5. The van der Waals surface area contributed by atoms with Gasteiger partial charge in [-0.1, -0.05) is 18.2 Å². The number of anilines is 2. The number of para-hydroxylation sites is 1. The normalized spacial score (nSPS) is 14.6. The molecule has 5 heteroatoms. The molecule has 114 valence electrons. The van der Waals surface area contributed by atoms with Crippen LogP contribution in [-0.2, 0) is 11.2 Å². The third-order valence-corrected chi connectivity index (χ3v) is 3.85. The van der Waals surface area contributed by atoms with Crippen molar-refractivity contribution in [3.05, 3.63) is 47.3 Å². The molecule has 0 saturated heterocycles. The van der Waals surface area contributed by atoms with Gasteiger partial charge in [0.25, 0.3) is 0 Å². The Hall–Kier alpha value is -2.43. The van der Waals surface area contributed by atoms with Crippen molar-refractivity contribution in [2.45, 2.75) is 33.2 Å². The summed E-state index contributed by atoms with van der Waals surface area (Å²) in [6.07, 6.45) is 0.911. The summed E-state index contributed by atoms with van der Waals surface area (Å²) in [4.78, 5) is 23.2. The number of benzene rings is 1. The Balaban J connectivity index is 1.75. The van der Waals surface area contributed by atoms with Crippen molar-refractivity contribution < 1.29 is 4.79 Å². The molecule has 5 nitrogen and oxygen atoms in total. The van der Waals surface area contributed by atoms with E-state index in [0.29, 0.717) is 5.95 Å². The summed E-state index contributed by atoms with van der Waals surface area (Å²) in [5.41, 5.74) is 4.02. The number of fused-ring (bicyclic) bond motifs is 1. The smallest absolute Gasteiger partial charge is 0.249 e. The predicted molar refractivity (Wildman–Crippen MR) is 87.1 cm³/mol. The fourth-order valence-electron chi connectivity index (χ4n) is 2.85. The second kappa shape index (κ2) is 5.75. The van der Waals surface area contributed by atoms with E-state index < -0.39 is 0 Å². The Bertz CT molecular complexity index is 693. The molecule has 1 aromatic carbocycles. The molecule has 1 N–H and O–H groups in total. The van der Waals surface area contributed by atoms with E-state index in [2.05, 4.69) is 21.4 Å².